The second kappa shape index (κ2) is 6.98. The van der Waals surface area contributed by atoms with Crippen molar-refractivity contribution in [3.8, 4) is 0 Å². The number of piperidine rings is 1. The number of benzene rings is 1. The summed E-state index contributed by atoms with van der Waals surface area (Å²) in [6, 6.07) is 11.9. The van der Waals surface area contributed by atoms with Crippen molar-refractivity contribution in [3.63, 3.8) is 0 Å². The van der Waals surface area contributed by atoms with Crippen LogP contribution in [0.25, 0.3) is 15.9 Å². The van der Waals surface area contributed by atoms with Crippen LogP contribution in [0.15, 0.2) is 42.6 Å². The average Bonchev–Trinajstić information content (AvgIpc) is 3.24. The van der Waals surface area contributed by atoms with Crippen LogP contribution in [0.3, 0.4) is 0 Å². The summed E-state index contributed by atoms with van der Waals surface area (Å²) in [6.45, 7) is 2.79. The summed E-state index contributed by atoms with van der Waals surface area (Å²) in [5.41, 5.74) is 1.91. The molecule has 8 heteroatoms. The number of halogens is 1. The van der Waals surface area contributed by atoms with E-state index in [0.29, 0.717) is 5.92 Å². The molecule has 3 aromatic heterocycles. The van der Waals surface area contributed by atoms with Crippen LogP contribution in [0.4, 0.5) is 0 Å². The van der Waals surface area contributed by atoms with Gasteiger partial charge in [-0.05, 0) is 55.4 Å². The molecule has 27 heavy (non-hydrogen) atoms. The van der Waals surface area contributed by atoms with Gasteiger partial charge in [-0.2, -0.15) is 5.10 Å². The lowest BCUT2D eigenvalue weighted by atomic mass is 9.98. The number of fused-ring (bicyclic) bond motifs is 2. The summed E-state index contributed by atoms with van der Waals surface area (Å²) < 4.78 is 5.84. The number of rotatable bonds is 3. The minimum atomic E-state index is 0.520. The van der Waals surface area contributed by atoms with Crippen LogP contribution in [-0.2, 0) is 6.67 Å². The molecule has 0 atom stereocenters. The molecule has 1 aromatic carbocycles. The summed E-state index contributed by atoms with van der Waals surface area (Å²) in [5, 5.41) is 6.61. The number of thiazole rings is 1. The molecule has 1 fully saturated rings. The number of hydrogen-bond acceptors (Lipinski definition) is 5. The van der Waals surface area contributed by atoms with E-state index in [-0.39, 0.29) is 0 Å². The zero-order chi connectivity index (χ0) is 18.4. The first-order chi connectivity index (χ1) is 13.2. The Morgan fingerprint density at radius 2 is 2.04 bits per heavy atom. The minimum absolute atomic E-state index is 0.520. The first-order valence-electron chi connectivity index (χ1n) is 9.00. The Morgan fingerprint density at radius 3 is 2.85 bits per heavy atom. The van der Waals surface area contributed by atoms with Crippen molar-refractivity contribution in [1.82, 2.24) is 24.1 Å². The minimum Gasteiger partial charge on any atom is -0.284 e. The van der Waals surface area contributed by atoms with Crippen LogP contribution in [-0.4, -0.2) is 37.2 Å². The average molecular weight is 416 g/mol. The third-order valence-electron chi connectivity index (χ3n) is 5.13. The third kappa shape index (κ3) is 3.29. The molecule has 0 spiro atoms. The highest BCUT2D eigenvalue weighted by atomic mass is 35.5. The van der Waals surface area contributed by atoms with Gasteiger partial charge in [0.05, 0.1) is 21.9 Å². The van der Waals surface area contributed by atoms with E-state index in [2.05, 4.69) is 16.1 Å². The standard InChI is InChI=1S/C19H18ClN5S2/c20-14-4-5-16-15(11-14)21-18(27-16)13-6-9-23(10-7-13)12-25-19(26)24-8-2-1-3-17(24)22-25/h1-5,8,11,13H,6-7,9-10,12H2. The fourth-order valence-corrected chi connectivity index (χ4v) is 5.20. The first kappa shape index (κ1) is 17.3. The highest BCUT2D eigenvalue weighted by Crippen LogP contribution is 2.34. The van der Waals surface area contributed by atoms with Crippen LogP contribution in [0.1, 0.15) is 23.8 Å². The molecular formula is C19H18ClN5S2. The molecule has 4 aromatic rings. The molecule has 0 saturated carbocycles. The lowest BCUT2D eigenvalue weighted by molar-refractivity contribution is 0.160. The predicted octanol–water partition coefficient (Wildman–Crippen LogP) is 4.97. The fraction of sp³-hybridized carbons (Fsp3) is 0.316. The van der Waals surface area contributed by atoms with Crippen LogP contribution < -0.4 is 0 Å². The Kier molecular flexibility index (Phi) is 4.47. The molecule has 1 aliphatic rings. The lowest BCUT2D eigenvalue weighted by Crippen LogP contribution is -2.34. The second-order valence-corrected chi connectivity index (χ2v) is 8.77. The maximum Gasteiger partial charge on any atom is 0.203 e. The zero-order valence-electron chi connectivity index (χ0n) is 14.6. The van der Waals surface area contributed by atoms with Gasteiger partial charge in [0, 0.05) is 30.2 Å². The van der Waals surface area contributed by atoms with Crippen molar-refractivity contribution in [2.45, 2.75) is 25.4 Å². The Balaban J connectivity index is 1.29. The van der Waals surface area contributed by atoms with E-state index in [1.54, 1.807) is 11.3 Å². The molecule has 1 saturated heterocycles. The number of pyridine rings is 1. The van der Waals surface area contributed by atoms with Gasteiger partial charge >= 0.3 is 0 Å². The lowest BCUT2D eigenvalue weighted by Gasteiger charge is -2.30. The number of likely N-dealkylation sites (tertiary alicyclic amines) is 1. The first-order valence-corrected chi connectivity index (χ1v) is 10.6. The van der Waals surface area contributed by atoms with Crippen molar-refractivity contribution in [3.05, 3.63) is 57.4 Å². The summed E-state index contributed by atoms with van der Waals surface area (Å²) in [6.07, 6.45) is 4.18. The van der Waals surface area contributed by atoms with Crippen LogP contribution in [0.5, 0.6) is 0 Å². The molecule has 0 bridgehead atoms. The van der Waals surface area contributed by atoms with Gasteiger partial charge in [0.25, 0.3) is 0 Å². The van der Waals surface area contributed by atoms with E-state index in [0.717, 1.165) is 53.6 Å². The van der Waals surface area contributed by atoms with E-state index >= 15 is 0 Å². The van der Waals surface area contributed by atoms with E-state index in [4.69, 9.17) is 28.8 Å². The van der Waals surface area contributed by atoms with Crippen molar-refractivity contribution >= 4 is 51.0 Å². The maximum absolute atomic E-state index is 6.09. The second-order valence-electron chi connectivity index (χ2n) is 6.91. The van der Waals surface area contributed by atoms with E-state index in [1.165, 1.54) is 9.71 Å². The SMILES string of the molecule is S=c1n(CN2CCC(c3nc4cc(Cl)ccc4s3)CC2)nc2ccccn12. The molecule has 0 amide bonds. The largest absolute Gasteiger partial charge is 0.284 e. The van der Waals surface area contributed by atoms with E-state index in [1.807, 2.05) is 45.6 Å². The van der Waals surface area contributed by atoms with Crippen LogP contribution in [0.2, 0.25) is 5.02 Å². The smallest absolute Gasteiger partial charge is 0.203 e. The van der Waals surface area contributed by atoms with Crippen molar-refractivity contribution in [2.24, 2.45) is 0 Å². The van der Waals surface area contributed by atoms with Gasteiger partial charge in [0.1, 0.15) is 0 Å². The van der Waals surface area contributed by atoms with Crippen molar-refractivity contribution in [2.75, 3.05) is 13.1 Å². The highest BCUT2D eigenvalue weighted by molar-refractivity contribution is 7.71. The van der Waals surface area contributed by atoms with Gasteiger partial charge in [0.2, 0.25) is 4.77 Å². The van der Waals surface area contributed by atoms with Gasteiger partial charge in [-0.25, -0.2) is 9.67 Å². The normalized spacial score (nSPS) is 16.5. The van der Waals surface area contributed by atoms with Gasteiger partial charge in [-0.1, -0.05) is 17.7 Å². The molecule has 0 unspecified atom stereocenters. The number of hydrogen-bond donors (Lipinski definition) is 0. The highest BCUT2D eigenvalue weighted by Gasteiger charge is 2.24. The van der Waals surface area contributed by atoms with Crippen molar-refractivity contribution < 1.29 is 0 Å². The van der Waals surface area contributed by atoms with Gasteiger partial charge < -0.3 is 0 Å². The van der Waals surface area contributed by atoms with Gasteiger partial charge in [-0.3, -0.25) is 9.30 Å². The van der Waals surface area contributed by atoms with E-state index in [9.17, 15) is 0 Å². The molecule has 138 valence electrons. The molecule has 5 nitrogen and oxygen atoms in total. The summed E-state index contributed by atoms with van der Waals surface area (Å²) in [5.74, 6) is 0.520. The quantitative estimate of drug-likeness (QED) is 0.443. The molecule has 0 aliphatic carbocycles. The zero-order valence-corrected chi connectivity index (χ0v) is 17.0. The Labute approximate surface area is 170 Å². The Bertz CT molecular complexity index is 1170. The maximum atomic E-state index is 6.09. The third-order valence-corrected chi connectivity index (χ3v) is 6.97. The van der Waals surface area contributed by atoms with Crippen LogP contribution in [0, 0.1) is 4.77 Å². The molecule has 5 rings (SSSR count). The van der Waals surface area contributed by atoms with Gasteiger partial charge in [0.15, 0.2) is 5.65 Å². The number of nitrogens with zero attached hydrogens (tertiary/aromatic N) is 5. The topological polar surface area (TPSA) is 38.4 Å². The number of aromatic nitrogens is 4. The summed E-state index contributed by atoms with van der Waals surface area (Å²) >= 11 is 13.4. The Morgan fingerprint density at radius 1 is 1.19 bits per heavy atom. The van der Waals surface area contributed by atoms with E-state index < -0.39 is 0 Å². The van der Waals surface area contributed by atoms with Crippen molar-refractivity contribution in [1.29, 1.82) is 0 Å². The summed E-state index contributed by atoms with van der Waals surface area (Å²) in [7, 11) is 0. The molecule has 0 radical (unpaired) electrons. The molecule has 1 aliphatic heterocycles. The molecule has 4 heterocycles. The Hall–Kier alpha value is -1.80. The monoisotopic (exact) mass is 415 g/mol. The van der Waals surface area contributed by atoms with Crippen LogP contribution >= 0.6 is 35.2 Å². The molecule has 0 N–H and O–H groups in total. The fourth-order valence-electron chi connectivity index (χ4n) is 3.66. The van der Waals surface area contributed by atoms with Gasteiger partial charge in [-0.15, -0.1) is 11.3 Å². The summed E-state index contributed by atoms with van der Waals surface area (Å²) in [4.78, 5) is 7.25. The molecular weight excluding hydrogens is 398 g/mol. The predicted molar refractivity (Wildman–Crippen MR) is 112 cm³/mol.